The van der Waals surface area contributed by atoms with Gasteiger partial charge in [0.05, 0.1) is 11.2 Å². The van der Waals surface area contributed by atoms with Crippen LogP contribution in [0.5, 0.6) is 5.88 Å². The Labute approximate surface area is 127 Å². The number of ether oxygens (including phenoxy) is 1. The van der Waals surface area contributed by atoms with Crippen LogP contribution in [0.3, 0.4) is 0 Å². The van der Waals surface area contributed by atoms with Crippen molar-refractivity contribution < 1.29 is 4.74 Å². The molecule has 2 aromatic rings. The molecule has 0 aliphatic carbocycles. The van der Waals surface area contributed by atoms with Gasteiger partial charge in [-0.1, -0.05) is 0 Å². The first-order chi connectivity index (χ1) is 10.3. The highest BCUT2D eigenvalue weighted by atomic mass is 32.1. The predicted octanol–water partition coefficient (Wildman–Crippen LogP) is 2.60. The van der Waals surface area contributed by atoms with Crippen LogP contribution < -0.4 is 4.74 Å². The van der Waals surface area contributed by atoms with Crippen molar-refractivity contribution in [3.8, 4) is 17.1 Å². The number of rotatable bonds is 1. The van der Waals surface area contributed by atoms with Gasteiger partial charge in [0.15, 0.2) is 0 Å². The normalized spacial score (nSPS) is 33.1. The van der Waals surface area contributed by atoms with Crippen molar-refractivity contribution in [3.63, 3.8) is 0 Å². The minimum Gasteiger partial charge on any atom is -0.469 e. The van der Waals surface area contributed by atoms with Crippen LogP contribution in [-0.2, 0) is 6.42 Å². The van der Waals surface area contributed by atoms with E-state index in [1.54, 1.807) is 11.3 Å². The van der Waals surface area contributed by atoms with E-state index in [1.165, 1.54) is 31.5 Å². The van der Waals surface area contributed by atoms with Gasteiger partial charge in [-0.15, -0.1) is 11.3 Å². The second-order valence-electron chi connectivity index (χ2n) is 6.46. The third-order valence-corrected chi connectivity index (χ3v) is 5.85. The predicted molar refractivity (Wildman–Crippen MR) is 81.6 cm³/mol. The largest absolute Gasteiger partial charge is 0.469 e. The molecular weight excluding hydrogens is 282 g/mol. The first-order valence-electron chi connectivity index (χ1n) is 7.61. The molecule has 0 unspecified atom stereocenters. The van der Waals surface area contributed by atoms with Gasteiger partial charge in [0, 0.05) is 41.6 Å². The quantitative estimate of drug-likeness (QED) is 0.811. The van der Waals surface area contributed by atoms with Crippen LogP contribution in [0, 0.1) is 5.92 Å². The van der Waals surface area contributed by atoms with Crippen molar-refractivity contribution in [2.45, 2.75) is 24.9 Å². The summed E-state index contributed by atoms with van der Waals surface area (Å²) in [6.07, 6.45) is 5.45. The molecule has 0 aromatic carbocycles. The molecule has 4 nitrogen and oxygen atoms in total. The third kappa shape index (κ3) is 1.77. The smallest absolute Gasteiger partial charge is 0.217 e. The molecule has 3 saturated heterocycles. The molecule has 0 saturated carbocycles. The topological polar surface area (TPSA) is 38.2 Å². The van der Waals surface area contributed by atoms with E-state index in [0.29, 0.717) is 5.92 Å². The van der Waals surface area contributed by atoms with Gasteiger partial charge < -0.3 is 4.74 Å². The van der Waals surface area contributed by atoms with Crippen LogP contribution in [0.4, 0.5) is 0 Å². The molecule has 3 fully saturated rings. The van der Waals surface area contributed by atoms with Gasteiger partial charge in [-0.2, -0.15) is 0 Å². The maximum Gasteiger partial charge on any atom is 0.217 e. The Kier molecular flexibility index (Phi) is 2.47. The van der Waals surface area contributed by atoms with Crippen molar-refractivity contribution in [1.82, 2.24) is 14.9 Å². The van der Waals surface area contributed by atoms with Crippen LogP contribution in [0.1, 0.15) is 18.4 Å². The lowest BCUT2D eigenvalue weighted by Crippen LogP contribution is -2.61. The van der Waals surface area contributed by atoms with Gasteiger partial charge in [-0.3, -0.25) is 4.90 Å². The van der Waals surface area contributed by atoms with Crippen molar-refractivity contribution in [2.75, 3.05) is 19.6 Å². The standard InChI is InChI=1S/C16H17N3OS/c1-3-19-4-2-13(1)16(9-19)6-11-5-12(7-17-15(11)20-16)14-8-21-10-18-14/h5,7-8,10,13H,1-4,6,9H2/t16-/m0/s1. The zero-order valence-electron chi connectivity index (χ0n) is 11.8. The molecule has 2 aromatic heterocycles. The molecule has 4 aliphatic heterocycles. The van der Waals surface area contributed by atoms with E-state index in [0.717, 1.165) is 30.1 Å². The molecule has 21 heavy (non-hydrogen) atoms. The van der Waals surface area contributed by atoms with Crippen molar-refractivity contribution >= 4 is 11.3 Å². The molecule has 4 aliphatic rings. The highest BCUT2D eigenvalue weighted by molar-refractivity contribution is 7.07. The Balaban J connectivity index is 1.51. The number of thiazole rings is 1. The van der Waals surface area contributed by atoms with E-state index in [9.17, 15) is 0 Å². The molecule has 6 rings (SSSR count). The number of piperidine rings is 3. The highest BCUT2D eigenvalue weighted by Gasteiger charge is 2.52. The van der Waals surface area contributed by atoms with Crippen LogP contribution in [0.25, 0.3) is 11.3 Å². The molecule has 1 atom stereocenters. The zero-order valence-corrected chi connectivity index (χ0v) is 12.6. The van der Waals surface area contributed by atoms with Crippen LogP contribution in [-0.4, -0.2) is 40.1 Å². The van der Waals surface area contributed by atoms with Crippen LogP contribution >= 0.6 is 11.3 Å². The lowest BCUT2D eigenvalue weighted by atomic mass is 9.73. The first-order valence-corrected chi connectivity index (χ1v) is 8.56. The summed E-state index contributed by atoms with van der Waals surface area (Å²) < 4.78 is 6.37. The van der Waals surface area contributed by atoms with E-state index in [2.05, 4.69) is 26.3 Å². The van der Waals surface area contributed by atoms with Gasteiger partial charge in [-0.25, -0.2) is 9.97 Å². The minimum atomic E-state index is -0.00741. The second kappa shape index (κ2) is 4.27. The molecule has 108 valence electrons. The number of aromatic nitrogens is 2. The summed E-state index contributed by atoms with van der Waals surface area (Å²) in [6, 6.07) is 2.23. The summed E-state index contributed by atoms with van der Waals surface area (Å²) in [4.78, 5) is 11.5. The number of hydrogen-bond donors (Lipinski definition) is 0. The lowest BCUT2D eigenvalue weighted by Gasteiger charge is -2.50. The summed E-state index contributed by atoms with van der Waals surface area (Å²) >= 11 is 1.62. The Morgan fingerprint density at radius 3 is 2.90 bits per heavy atom. The van der Waals surface area contributed by atoms with E-state index < -0.39 is 0 Å². The highest BCUT2D eigenvalue weighted by Crippen LogP contribution is 2.46. The number of nitrogens with zero attached hydrogens (tertiary/aromatic N) is 3. The van der Waals surface area contributed by atoms with Gasteiger partial charge in [0.2, 0.25) is 5.88 Å². The molecule has 0 amide bonds. The summed E-state index contributed by atoms with van der Waals surface area (Å²) in [5, 5.41) is 2.07. The number of fused-ring (bicyclic) bond motifs is 3. The number of hydrogen-bond acceptors (Lipinski definition) is 5. The van der Waals surface area contributed by atoms with Crippen molar-refractivity contribution in [3.05, 3.63) is 28.7 Å². The first kappa shape index (κ1) is 12.1. The molecule has 2 bridgehead atoms. The van der Waals surface area contributed by atoms with E-state index >= 15 is 0 Å². The Morgan fingerprint density at radius 1 is 1.29 bits per heavy atom. The fourth-order valence-corrected chi connectivity index (χ4v) is 4.76. The maximum absolute atomic E-state index is 6.37. The van der Waals surface area contributed by atoms with Gasteiger partial charge in [0.1, 0.15) is 5.60 Å². The summed E-state index contributed by atoms with van der Waals surface area (Å²) in [5.74, 6) is 1.54. The Hall–Kier alpha value is -1.46. The molecule has 0 radical (unpaired) electrons. The lowest BCUT2D eigenvalue weighted by molar-refractivity contribution is -0.0814. The van der Waals surface area contributed by atoms with Crippen LogP contribution in [0.2, 0.25) is 0 Å². The molecule has 6 heterocycles. The van der Waals surface area contributed by atoms with Crippen LogP contribution in [0.15, 0.2) is 23.2 Å². The molecule has 0 N–H and O–H groups in total. The van der Waals surface area contributed by atoms with Crippen molar-refractivity contribution in [1.29, 1.82) is 0 Å². The average Bonchev–Trinajstić information content (AvgIpc) is 3.14. The Morgan fingerprint density at radius 2 is 2.19 bits per heavy atom. The van der Waals surface area contributed by atoms with Gasteiger partial charge in [-0.05, 0) is 32.0 Å². The monoisotopic (exact) mass is 299 g/mol. The van der Waals surface area contributed by atoms with E-state index in [-0.39, 0.29) is 5.60 Å². The van der Waals surface area contributed by atoms with E-state index in [4.69, 9.17) is 4.74 Å². The third-order valence-electron chi connectivity index (χ3n) is 5.27. The second-order valence-corrected chi connectivity index (χ2v) is 7.17. The number of pyridine rings is 1. The fraction of sp³-hybridized carbons (Fsp3) is 0.500. The summed E-state index contributed by atoms with van der Waals surface area (Å²) in [7, 11) is 0. The summed E-state index contributed by atoms with van der Waals surface area (Å²) in [5.41, 5.74) is 5.25. The van der Waals surface area contributed by atoms with E-state index in [1.807, 2.05) is 11.7 Å². The van der Waals surface area contributed by atoms with Gasteiger partial charge >= 0.3 is 0 Å². The van der Waals surface area contributed by atoms with Crippen molar-refractivity contribution in [2.24, 2.45) is 5.92 Å². The summed E-state index contributed by atoms with van der Waals surface area (Å²) in [6.45, 7) is 3.55. The average molecular weight is 299 g/mol. The molecular formula is C16H17N3OS. The van der Waals surface area contributed by atoms with Gasteiger partial charge in [0.25, 0.3) is 0 Å². The fourth-order valence-electron chi connectivity index (χ4n) is 4.20. The molecule has 1 spiro atoms. The zero-order chi connectivity index (χ0) is 13.9. The maximum atomic E-state index is 6.37. The molecule has 5 heteroatoms. The minimum absolute atomic E-state index is 0.00741. The SMILES string of the molecule is c1nc(-c2cnc3c(c2)C[C@@]2(CN4CCC2CC4)O3)cs1. The Bertz CT molecular complexity index is 679.